The topological polar surface area (TPSA) is 88.0 Å². The molecule has 2 aromatic carbocycles. The molecule has 7 nitrogen and oxygen atoms in total. The van der Waals surface area contributed by atoms with Gasteiger partial charge in [0.1, 0.15) is 11.5 Å². The molecule has 3 heterocycles. The number of fused-ring (bicyclic) bond motifs is 2. The molecule has 29 heavy (non-hydrogen) atoms. The number of aromatic nitrogens is 5. The number of nitrogens with one attached hydrogen (secondary N) is 2. The lowest BCUT2D eigenvalue weighted by molar-refractivity contribution is 0.102. The van der Waals surface area contributed by atoms with E-state index in [2.05, 4.69) is 25.4 Å². The zero-order chi connectivity index (χ0) is 20.0. The van der Waals surface area contributed by atoms with Crippen LogP contribution in [0.4, 0.5) is 10.3 Å². The van der Waals surface area contributed by atoms with Crippen LogP contribution in [0.25, 0.3) is 27.8 Å². The van der Waals surface area contributed by atoms with Gasteiger partial charge in [0.05, 0.1) is 17.2 Å². The Morgan fingerprint density at radius 1 is 1.10 bits per heavy atom. The molecule has 3 aromatic heterocycles. The molecule has 0 bridgehead atoms. The molecule has 0 spiro atoms. The fraction of sp³-hybridized carbons (Fsp3) is 0. The Hall–Kier alpha value is -3.78. The summed E-state index contributed by atoms with van der Waals surface area (Å²) >= 11 is 5.95. The average molecular weight is 407 g/mol. The third-order valence-electron chi connectivity index (χ3n) is 4.38. The van der Waals surface area contributed by atoms with E-state index in [1.165, 1.54) is 16.6 Å². The molecule has 2 N–H and O–H groups in total. The van der Waals surface area contributed by atoms with Crippen LogP contribution >= 0.6 is 11.6 Å². The van der Waals surface area contributed by atoms with Crippen LogP contribution in [0.5, 0.6) is 0 Å². The van der Waals surface area contributed by atoms with Crippen LogP contribution in [0.3, 0.4) is 0 Å². The van der Waals surface area contributed by atoms with Gasteiger partial charge >= 0.3 is 0 Å². The van der Waals surface area contributed by atoms with Crippen LogP contribution < -0.4 is 5.32 Å². The van der Waals surface area contributed by atoms with Crippen LogP contribution in [-0.4, -0.2) is 30.5 Å². The van der Waals surface area contributed by atoms with Gasteiger partial charge in [0.2, 0.25) is 5.95 Å². The van der Waals surface area contributed by atoms with Crippen molar-refractivity contribution in [2.45, 2.75) is 0 Å². The lowest BCUT2D eigenvalue weighted by Crippen LogP contribution is -2.13. The van der Waals surface area contributed by atoms with Gasteiger partial charge in [-0.15, -0.1) is 0 Å². The van der Waals surface area contributed by atoms with Crippen molar-refractivity contribution in [1.29, 1.82) is 0 Å². The summed E-state index contributed by atoms with van der Waals surface area (Å²) in [6.07, 6.45) is 3.15. The predicted molar refractivity (Wildman–Crippen MR) is 107 cm³/mol. The fourth-order valence-corrected chi connectivity index (χ4v) is 3.30. The number of hydrogen-bond donors (Lipinski definition) is 2. The molecule has 0 saturated carbocycles. The summed E-state index contributed by atoms with van der Waals surface area (Å²) in [5, 5.41) is 7.11. The van der Waals surface area contributed by atoms with Gasteiger partial charge in [-0.2, -0.15) is 5.10 Å². The normalized spacial score (nSPS) is 11.2. The first kappa shape index (κ1) is 17.3. The van der Waals surface area contributed by atoms with Gasteiger partial charge in [-0.25, -0.2) is 18.9 Å². The number of aromatic amines is 1. The molecule has 0 aliphatic heterocycles. The van der Waals surface area contributed by atoms with Crippen molar-refractivity contribution in [3.63, 3.8) is 0 Å². The Bertz CT molecular complexity index is 1340. The highest BCUT2D eigenvalue weighted by atomic mass is 35.5. The Morgan fingerprint density at radius 2 is 2.00 bits per heavy atom. The number of nitrogens with zero attached hydrogens (tertiary/aromatic N) is 4. The maximum Gasteiger partial charge on any atom is 0.278 e. The zero-order valence-corrected chi connectivity index (χ0v) is 15.5. The van der Waals surface area contributed by atoms with Crippen LogP contribution in [-0.2, 0) is 0 Å². The first-order valence-electron chi connectivity index (χ1n) is 8.63. The number of imidazole rings is 2. The molecular formula is C20H12ClFN6O. The van der Waals surface area contributed by atoms with E-state index >= 15 is 0 Å². The summed E-state index contributed by atoms with van der Waals surface area (Å²) in [7, 11) is 0. The highest BCUT2D eigenvalue weighted by Crippen LogP contribution is 2.27. The molecule has 0 atom stereocenters. The standard InChI is InChI=1S/C20H12ClFN6O/c21-13-6-12(7-14(22)9-13)11-3-4-15-16(8-11)26-20(25-15)27-19(29)17-10-28-18(24-17)2-1-5-23-28/h1-10H,(H2,25,26,27,29). The van der Waals surface area contributed by atoms with Gasteiger partial charge in [0.15, 0.2) is 5.65 Å². The molecule has 0 aliphatic carbocycles. The lowest BCUT2D eigenvalue weighted by atomic mass is 10.1. The summed E-state index contributed by atoms with van der Waals surface area (Å²) in [4.78, 5) is 24.1. The number of benzene rings is 2. The van der Waals surface area contributed by atoms with Gasteiger partial charge in [0.25, 0.3) is 5.91 Å². The molecule has 142 valence electrons. The Kier molecular flexibility index (Phi) is 3.99. The van der Waals surface area contributed by atoms with Gasteiger partial charge in [-0.05, 0) is 53.6 Å². The van der Waals surface area contributed by atoms with Crippen LogP contribution in [0.1, 0.15) is 10.5 Å². The number of hydrogen-bond acceptors (Lipinski definition) is 4. The second-order valence-corrected chi connectivity index (χ2v) is 6.82. The number of H-pyrrole nitrogens is 1. The van der Waals surface area contributed by atoms with E-state index < -0.39 is 11.7 Å². The molecule has 0 saturated heterocycles. The minimum absolute atomic E-state index is 0.222. The number of anilines is 1. The summed E-state index contributed by atoms with van der Waals surface area (Å²) in [5.41, 5.74) is 3.55. The van der Waals surface area contributed by atoms with Gasteiger partial charge < -0.3 is 4.98 Å². The van der Waals surface area contributed by atoms with E-state index in [0.29, 0.717) is 27.3 Å². The summed E-state index contributed by atoms with van der Waals surface area (Å²) in [6.45, 7) is 0. The molecular weight excluding hydrogens is 395 g/mol. The first-order valence-corrected chi connectivity index (χ1v) is 9.01. The smallest absolute Gasteiger partial charge is 0.278 e. The average Bonchev–Trinajstić information content (AvgIpc) is 3.30. The highest BCUT2D eigenvalue weighted by molar-refractivity contribution is 6.30. The molecule has 5 rings (SSSR count). The van der Waals surface area contributed by atoms with Crippen LogP contribution in [0.2, 0.25) is 5.02 Å². The Morgan fingerprint density at radius 3 is 2.83 bits per heavy atom. The summed E-state index contributed by atoms with van der Waals surface area (Å²) < 4.78 is 15.2. The fourth-order valence-electron chi connectivity index (χ4n) is 3.08. The SMILES string of the molecule is O=C(Nc1nc2ccc(-c3cc(F)cc(Cl)c3)cc2[nH]1)c1cn2ncccc2n1. The molecule has 1 amide bonds. The largest absolute Gasteiger partial charge is 0.324 e. The monoisotopic (exact) mass is 406 g/mol. The quantitative estimate of drug-likeness (QED) is 0.467. The molecule has 0 unspecified atom stereocenters. The summed E-state index contributed by atoms with van der Waals surface area (Å²) in [6, 6.07) is 13.3. The van der Waals surface area contributed by atoms with Crippen molar-refractivity contribution in [2.75, 3.05) is 5.32 Å². The third-order valence-corrected chi connectivity index (χ3v) is 4.60. The lowest BCUT2D eigenvalue weighted by Gasteiger charge is -2.03. The van der Waals surface area contributed by atoms with Gasteiger partial charge in [0, 0.05) is 11.2 Å². The zero-order valence-electron chi connectivity index (χ0n) is 14.7. The van der Waals surface area contributed by atoms with Crippen molar-refractivity contribution in [1.82, 2.24) is 24.6 Å². The summed E-state index contributed by atoms with van der Waals surface area (Å²) in [5.74, 6) is -0.539. The van der Waals surface area contributed by atoms with Gasteiger partial charge in [-0.3, -0.25) is 10.1 Å². The van der Waals surface area contributed by atoms with E-state index in [1.54, 1.807) is 36.7 Å². The molecule has 0 radical (unpaired) electrons. The van der Waals surface area contributed by atoms with E-state index in [0.717, 1.165) is 5.56 Å². The minimum Gasteiger partial charge on any atom is -0.324 e. The predicted octanol–water partition coefficient (Wildman–Crippen LogP) is 4.32. The molecule has 0 aliphatic rings. The van der Waals surface area contributed by atoms with Crippen molar-refractivity contribution < 1.29 is 9.18 Å². The number of rotatable bonds is 3. The maximum atomic E-state index is 13.6. The maximum absolute atomic E-state index is 13.6. The van der Waals surface area contributed by atoms with Crippen molar-refractivity contribution in [3.8, 4) is 11.1 Å². The van der Waals surface area contributed by atoms with E-state index in [9.17, 15) is 9.18 Å². The van der Waals surface area contributed by atoms with Crippen LogP contribution in [0.15, 0.2) is 60.9 Å². The highest BCUT2D eigenvalue weighted by Gasteiger charge is 2.14. The van der Waals surface area contributed by atoms with Gasteiger partial charge in [-0.1, -0.05) is 17.7 Å². The second-order valence-electron chi connectivity index (χ2n) is 6.38. The Balaban J connectivity index is 1.44. The second kappa shape index (κ2) is 6.68. The van der Waals surface area contributed by atoms with Crippen LogP contribution in [0, 0.1) is 5.82 Å². The van der Waals surface area contributed by atoms with E-state index in [-0.39, 0.29) is 11.6 Å². The van der Waals surface area contributed by atoms with E-state index in [4.69, 9.17) is 11.6 Å². The van der Waals surface area contributed by atoms with E-state index in [1.807, 2.05) is 12.1 Å². The van der Waals surface area contributed by atoms with Crippen molar-refractivity contribution in [2.24, 2.45) is 0 Å². The van der Waals surface area contributed by atoms with Crippen molar-refractivity contribution in [3.05, 3.63) is 77.5 Å². The Labute approximate surface area is 168 Å². The number of amides is 1. The first-order chi connectivity index (χ1) is 14.0. The molecule has 5 aromatic rings. The number of halogens is 2. The molecule has 0 fully saturated rings. The number of carbonyl (C=O) groups excluding carboxylic acids is 1. The minimum atomic E-state index is -0.410. The van der Waals surface area contributed by atoms with Crippen molar-refractivity contribution >= 4 is 40.1 Å². The molecule has 9 heteroatoms. The third kappa shape index (κ3) is 3.30. The number of carbonyl (C=O) groups is 1.